The standard InChI is InChI=1S/C19H36O6/c1-4-6-11-22-16-14-17(23-12-7-5-2)19(25-15(16)3)24-13-9-8-10-18(20)21/h15-17,19H,4-14H2,1-3H3,(H,20,21)/t15?,16-,17+,19-/m1/s1. The van der Waals surface area contributed by atoms with Crippen LogP contribution in [0.15, 0.2) is 0 Å². The second-order valence-corrected chi connectivity index (χ2v) is 6.69. The van der Waals surface area contributed by atoms with E-state index < -0.39 is 12.3 Å². The molecule has 0 aromatic rings. The van der Waals surface area contributed by atoms with Gasteiger partial charge in [0.1, 0.15) is 6.10 Å². The zero-order valence-corrected chi connectivity index (χ0v) is 16.1. The molecule has 1 fully saturated rings. The van der Waals surface area contributed by atoms with Crippen molar-refractivity contribution in [1.82, 2.24) is 0 Å². The third-order valence-corrected chi connectivity index (χ3v) is 4.37. The van der Waals surface area contributed by atoms with Gasteiger partial charge in [-0.2, -0.15) is 0 Å². The number of aliphatic carboxylic acids is 1. The molecule has 4 atom stereocenters. The fourth-order valence-corrected chi connectivity index (χ4v) is 2.75. The predicted octanol–water partition coefficient (Wildman–Crippen LogP) is 3.76. The molecule has 0 aromatic carbocycles. The van der Waals surface area contributed by atoms with Crippen LogP contribution in [0.25, 0.3) is 0 Å². The Morgan fingerprint density at radius 2 is 1.56 bits per heavy atom. The minimum atomic E-state index is -0.768. The highest BCUT2D eigenvalue weighted by Crippen LogP contribution is 2.26. The summed E-state index contributed by atoms with van der Waals surface area (Å²) in [6.07, 6.45) is 5.99. The normalized spacial score (nSPS) is 26.7. The van der Waals surface area contributed by atoms with Crippen molar-refractivity contribution in [3.8, 4) is 0 Å². The number of ether oxygens (including phenoxy) is 4. The van der Waals surface area contributed by atoms with E-state index >= 15 is 0 Å². The van der Waals surface area contributed by atoms with Crippen molar-refractivity contribution in [1.29, 1.82) is 0 Å². The molecule has 0 bridgehead atoms. The van der Waals surface area contributed by atoms with E-state index in [-0.39, 0.29) is 24.7 Å². The molecule has 0 saturated carbocycles. The molecule has 0 aromatic heterocycles. The minimum Gasteiger partial charge on any atom is -0.481 e. The van der Waals surface area contributed by atoms with E-state index in [1.165, 1.54) is 0 Å². The Morgan fingerprint density at radius 3 is 2.16 bits per heavy atom. The summed E-state index contributed by atoms with van der Waals surface area (Å²) < 4.78 is 23.8. The third kappa shape index (κ3) is 9.54. The summed E-state index contributed by atoms with van der Waals surface area (Å²) in [5, 5.41) is 8.68. The molecule has 0 radical (unpaired) electrons. The highest BCUT2D eigenvalue weighted by atomic mass is 16.7. The molecule has 0 amide bonds. The van der Waals surface area contributed by atoms with Crippen molar-refractivity contribution in [2.24, 2.45) is 0 Å². The van der Waals surface area contributed by atoms with E-state index in [4.69, 9.17) is 24.1 Å². The van der Waals surface area contributed by atoms with Crippen LogP contribution in [0.4, 0.5) is 0 Å². The van der Waals surface area contributed by atoms with E-state index in [0.717, 1.165) is 38.7 Å². The highest BCUT2D eigenvalue weighted by molar-refractivity contribution is 5.66. The second-order valence-electron chi connectivity index (χ2n) is 6.69. The van der Waals surface area contributed by atoms with Gasteiger partial charge in [-0.1, -0.05) is 26.7 Å². The van der Waals surface area contributed by atoms with Crippen molar-refractivity contribution in [3.05, 3.63) is 0 Å². The van der Waals surface area contributed by atoms with Crippen molar-refractivity contribution in [2.75, 3.05) is 19.8 Å². The number of rotatable bonds is 14. The minimum absolute atomic E-state index is 0.0324. The summed E-state index contributed by atoms with van der Waals surface area (Å²) in [6.45, 7) is 8.22. The molecule has 1 aliphatic heterocycles. The lowest BCUT2D eigenvalue weighted by molar-refractivity contribution is -0.276. The molecule has 1 aliphatic rings. The summed E-state index contributed by atoms with van der Waals surface area (Å²) in [4.78, 5) is 10.6. The molecule has 0 aliphatic carbocycles. The monoisotopic (exact) mass is 360 g/mol. The maximum atomic E-state index is 10.6. The van der Waals surface area contributed by atoms with Crippen LogP contribution in [0.3, 0.4) is 0 Å². The van der Waals surface area contributed by atoms with Crippen molar-refractivity contribution in [2.45, 2.75) is 96.7 Å². The molecule has 1 heterocycles. The molecule has 1 saturated heterocycles. The summed E-state index contributed by atoms with van der Waals surface area (Å²) in [6, 6.07) is 0. The Balaban J connectivity index is 2.44. The zero-order valence-electron chi connectivity index (χ0n) is 16.1. The molecular weight excluding hydrogens is 324 g/mol. The smallest absolute Gasteiger partial charge is 0.303 e. The maximum absolute atomic E-state index is 10.6. The predicted molar refractivity (Wildman–Crippen MR) is 95.7 cm³/mol. The Kier molecular flexibility index (Phi) is 12.1. The van der Waals surface area contributed by atoms with Gasteiger partial charge in [0.25, 0.3) is 0 Å². The van der Waals surface area contributed by atoms with Crippen LogP contribution in [-0.4, -0.2) is 55.5 Å². The van der Waals surface area contributed by atoms with Crippen molar-refractivity contribution in [3.63, 3.8) is 0 Å². The van der Waals surface area contributed by atoms with Gasteiger partial charge in [0.15, 0.2) is 6.29 Å². The number of carboxylic acids is 1. The average Bonchev–Trinajstić information content (AvgIpc) is 2.57. The van der Waals surface area contributed by atoms with Gasteiger partial charge in [0.2, 0.25) is 0 Å². The summed E-state index contributed by atoms with van der Waals surface area (Å²) >= 11 is 0. The van der Waals surface area contributed by atoms with Gasteiger partial charge in [-0.15, -0.1) is 0 Å². The van der Waals surface area contributed by atoms with Crippen LogP contribution in [0.1, 0.15) is 72.1 Å². The number of carbonyl (C=O) groups is 1. The van der Waals surface area contributed by atoms with Gasteiger partial charge in [0.05, 0.1) is 12.2 Å². The van der Waals surface area contributed by atoms with Gasteiger partial charge in [0, 0.05) is 32.7 Å². The van der Waals surface area contributed by atoms with Gasteiger partial charge in [-0.25, -0.2) is 0 Å². The van der Waals surface area contributed by atoms with Gasteiger partial charge >= 0.3 is 5.97 Å². The van der Waals surface area contributed by atoms with Crippen LogP contribution in [0.5, 0.6) is 0 Å². The Hall–Kier alpha value is -0.690. The molecule has 1 unspecified atom stereocenters. The summed E-state index contributed by atoms with van der Waals surface area (Å²) in [5.41, 5.74) is 0. The molecule has 6 nitrogen and oxygen atoms in total. The SMILES string of the molecule is CCCCO[C@H]1C[C@@H](OCCCC)C(C)O[C@H]1OCCCCC(=O)O. The van der Waals surface area contributed by atoms with Crippen LogP contribution in [0.2, 0.25) is 0 Å². The molecule has 148 valence electrons. The first kappa shape index (κ1) is 22.4. The molecule has 1 rings (SSSR count). The quantitative estimate of drug-likeness (QED) is 0.475. The number of unbranched alkanes of at least 4 members (excludes halogenated alkanes) is 3. The zero-order chi connectivity index (χ0) is 18.5. The first-order chi connectivity index (χ1) is 12.1. The van der Waals surface area contributed by atoms with Gasteiger partial charge in [-0.3, -0.25) is 4.79 Å². The summed E-state index contributed by atoms with van der Waals surface area (Å²) in [5.74, 6) is -0.768. The summed E-state index contributed by atoms with van der Waals surface area (Å²) in [7, 11) is 0. The second kappa shape index (κ2) is 13.5. The van der Waals surface area contributed by atoms with Crippen LogP contribution in [0, 0.1) is 0 Å². The topological polar surface area (TPSA) is 74.2 Å². The number of hydrogen-bond donors (Lipinski definition) is 1. The molecular formula is C19H36O6. The van der Waals surface area contributed by atoms with E-state index in [2.05, 4.69) is 13.8 Å². The fraction of sp³-hybridized carbons (Fsp3) is 0.947. The Morgan fingerprint density at radius 1 is 0.960 bits per heavy atom. The van der Waals surface area contributed by atoms with E-state index in [0.29, 0.717) is 26.1 Å². The van der Waals surface area contributed by atoms with Crippen LogP contribution in [-0.2, 0) is 23.7 Å². The Bertz CT molecular complexity index is 349. The molecule has 0 spiro atoms. The third-order valence-electron chi connectivity index (χ3n) is 4.37. The van der Waals surface area contributed by atoms with Crippen molar-refractivity contribution >= 4 is 5.97 Å². The van der Waals surface area contributed by atoms with Crippen molar-refractivity contribution < 1.29 is 28.8 Å². The average molecular weight is 360 g/mol. The molecule has 1 N–H and O–H groups in total. The van der Waals surface area contributed by atoms with E-state index in [1.54, 1.807) is 0 Å². The lowest BCUT2D eigenvalue weighted by Gasteiger charge is -2.39. The van der Waals surface area contributed by atoms with E-state index in [9.17, 15) is 4.79 Å². The fourth-order valence-electron chi connectivity index (χ4n) is 2.75. The number of carboxylic acid groups (broad SMARTS) is 1. The maximum Gasteiger partial charge on any atom is 0.303 e. The van der Waals surface area contributed by atoms with E-state index in [1.807, 2.05) is 6.92 Å². The lowest BCUT2D eigenvalue weighted by Crippen LogP contribution is -2.49. The number of hydrogen-bond acceptors (Lipinski definition) is 5. The first-order valence-electron chi connectivity index (χ1n) is 9.80. The highest BCUT2D eigenvalue weighted by Gasteiger charge is 2.37. The first-order valence-corrected chi connectivity index (χ1v) is 9.80. The molecule has 6 heteroatoms. The van der Waals surface area contributed by atoms with Crippen LogP contribution < -0.4 is 0 Å². The van der Waals surface area contributed by atoms with Gasteiger partial charge < -0.3 is 24.1 Å². The molecule has 25 heavy (non-hydrogen) atoms. The lowest BCUT2D eigenvalue weighted by atomic mass is 10.0. The largest absolute Gasteiger partial charge is 0.481 e. The van der Waals surface area contributed by atoms with Crippen LogP contribution >= 0.6 is 0 Å². The Labute approximate surface area is 152 Å². The van der Waals surface area contributed by atoms with Gasteiger partial charge in [-0.05, 0) is 32.6 Å².